The van der Waals surface area contributed by atoms with Crippen molar-refractivity contribution in [3.63, 3.8) is 0 Å². The number of hydrogen-bond acceptors (Lipinski definition) is 1. The summed E-state index contributed by atoms with van der Waals surface area (Å²) in [5.41, 5.74) is -0.114. The molecule has 106 valence electrons. The van der Waals surface area contributed by atoms with E-state index in [1.165, 1.54) is 0 Å². The van der Waals surface area contributed by atoms with Gasteiger partial charge in [-0.05, 0) is 36.0 Å². The van der Waals surface area contributed by atoms with E-state index in [1.807, 2.05) is 0 Å². The summed E-state index contributed by atoms with van der Waals surface area (Å²) in [7, 11) is 0. The van der Waals surface area contributed by atoms with Gasteiger partial charge in [0.05, 0.1) is 6.54 Å². The Hall–Kier alpha value is -0.320. The number of halogens is 4. The fraction of sp³-hybridized carbons (Fsp3) is 1.00. The molecule has 0 aromatic carbocycles. The quantitative estimate of drug-likeness (QED) is 0.766. The normalized spacial score (nSPS) is 38.7. The minimum absolute atomic E-state index is 0.0215. The van der Waals surface area contributed by atoms with Gasteiger partial charge in [0.15, 0.2) is 0 Å². The van der Waals surface area contributed by atoms with E-state index in [2.05, 4.69) is 26.1 Å². The molecule has 0 aliphatic heterocycles. The van der Waals surface area contributed by atoms with E-state index in [9.17, 15) is 17.6 Å². The Kier molecular flexibility index (Phi) is 3.20. The number of alkyl halides is 4. The van der Waals surface area contributed by atoms with Crippen molar-refractivity contribution < 1.29 is 17.6 Å². The molecule has 1 N–H and O–H groups in total. The van der Waals surface area contributed by atoms with Gasteiger partial charge < -0.3 is 5.32 Å². The van der Waals surface area contributed by atoms with Crippen LogP contribution in [0.3, 0.4) is 0 Å². The summed E-state index contributed by atoms with van der Waals surface area (Å²) in [6.45, 7) is 5.27. The van der Waals surface area contributed by atoms with Crippen LogP contribution in [0.15, 0.2) is 0 Å². The molecule has 2 aliphatic rings. The maximum atomic E-state index is 13.0. The largest absolute Gasteiger partial charge is 0.319 e. The van der Waals surface area contributed by atoms with Crippen molar-refractivity contribution in [2.45, 2.75) is 58.4 Å². The van der Waals surface area contributed by atoms with Gasteiger partial charge in [-0.25, -0.2) is 8.78 Å². The molecule has 18 heavy (non-hydrogen) atoms. The molecule has 1 unspecified atom stereocenters. The standard InChI is InChI=1S/C13H21F4N/c1-11(2)8-4-5-12(3,6-8)9(11)18-7-13(16,17)10(14)15/h8-10,18H,4-7H2,1-3H3/t8-,9?,12+/m0/s1. The molecule has 2 fully saturated rings. The van der Waals surface area contributed by atoms with E-state index in [1.54, 1.807) is 0 Å². The van der Waals surface area contributed by atoms with Crippen LogP contribution in [0.1, 0.15) is 40.0 Å². The lowest BCUT2D eigenvalue weighted by atomic mass is 9.68. The monoisotopic (exact) mass is 267 g/mol. The summed E-state index contributed by atoms with van der Waals surface area (Å²) in [5.74, 6) is -3.42. The van der Waals surface area contributed by atoms with Gasteiger partial charge in [0.2, 0.25) is 0 Å². The van der Waals surface area contributed by atoms with Crippen molar-refractivity contribution in [3.05, 3.63) is 0 Å². The first-order valence-corrected chi connectivity index (χ1v) is 6.49. The third-order valence-electron chi connectivity index (χ3n) is 5.13. The SMILES string of the molecule is CC1(C)C(NCC(F)(F)C(F)F)[C@]2(C)CC[C@H]1C2. The van der Waals surface area contributed by atoms with Crippen molar-refractivity contribution in [1.29, 1.82) is 0 Å². The first kappa shape index (κ1) is 14.1. The molecule has 0 amide bonds. The molecule has 0 spiro atoms. The van der Waals surface area contributed by atoms with Crippen LogP contribution >= 0.6 is 0 Å². The van der Waals surface area contributed by atoms with Crippen LogP contribution in [0.25, 0.3) is 0 Å². The number of rotatable bonds is 4. The lowest BCUT2D eigenvalue weighted by Crippen LogP contribution is -2.54. The zero-order chi connectivity index (χ0) is 13.8. The molecular weight excluding hydrogens is 246 g/mol. The molecule has 0 aromatic heterocycles. The molecule has 0 radical (unpaired) electrons. The third-order valence-corrected chi connectivity index (χ3v) is 5.13. The van der Waals surface area contributed by atoms with E-state index in [0.29, 0.717) is 5.92 Å². The average Bonchev–Trinajstić information content (AvgIpc) is 2.68. The summed E-state index contributed by atoms with van der Waals surface area (Å²) in [6, 6.07) is -0.103. The molecule has 2 bridgehead atoms. The molecule has 2 rings (SSSR count). The van der Waals surface area contributed by atoms with Crippen LogP contribution < -0.4 is 5.32 Å². The second kappa shape index (κ2) is 4.09. The van der Waals surface area contributed by atoms with Crippen molar-refractivity contribution in [1.82, 2.24) is 5.32 Å². The molecule has 0 saturated heterocycles. The molecule has 0 aromatic rings. The van der Waals surface area contributed by atoms with E-state index in [0.717, 1.165) is 19.3 Å². The van der Waals surface area contributed by atoms with Gasteiger partial charge in [-0.1, -0.05) is 20.8 Å². The highest BCUT2D eigenvalue weighted by atomic mass is 19.3. The van der Waals surface area contributed by atoms with Crippen molar-refractivity contribution in [3.8, 4) is 0 Å². The number of nitrogens with one attached hydrogen (secondary N) is 1. The van der Waals surface area contributed by atoms with Crippen LogP contribution in [0.4, 0.5) is 17.6 Å². The predicted octanol–water partition coefficient (Wildman–Crippen LogP) is 3.69. The fourth-order valence-corrected chi connectivity index (χ4v) is 4.13. The Balaban J connectivity index is 2.06. The Morgan fingerprint density at radius 3 is 2.33 bits per heavy atom. The van der Waals surface area contributed by atoms with Gasteiger partial charge in [0.1, 0.15) is 0 Å². The van der Waals surface area contributed by atoms with Crippen molar-refractivity contribution >= 4 is 0 Å². The smallest absolute Gasteiger partial charge is 0.307 e. The van der Waals surface area contributed by atoms with Crippen LogP contribution in [-0.2, 0) is 0 Å². The van der Waals surface area contributed by atoms with Gasteiger partial charge in [0, 0.05) is 6.04 Å². The Labute approximate surface area is 105 Å². The van der Waals surface area contributed by atoms with E-state index >= 15 is 0 Å². The molecule has 5 heteroatoms. The molecule has 2 saturated carbocycles. The van der Waals surface area contributed by atoms with Crippen LogP contribution in [0, 0.1) is 16.7 Å². The Morgan fingerprint density at radius 1 is 1.28 bits per heavy atom. The maximum absolute atomic E-state index is 13.0. The highest BCUT2D eigenvalue weighted by Crippen LogP contribution is 2.62. The topological polar surface area (TPSA) is 12.0 Å². The fourth-order valence-electron chi connectivity index (χ4n) is 4.13. The van der Waals surface area contributed by atoms with Crippen LogP contribution in [0.5, 0.6) is 0 Å². The van der Waals surface area contributed by atoms with Gasteiger partial charge in [-0.3, -0.25) is 0 Å². The molecule has 0 heterocycles. The zero-order valence-electron chi connectivity index (χ0n) is 11.1. The van der Waals surface area contributed by atoms with Crippen molar-refractivity contribution in [2.24, 2.45) is 16.7 Å². The van der Waals surface area contributed by atoms with Crippen LogP contribution in [0.2, 0.25) is 0 Å². The highest BCUT2D eigenvalue weighted by molar-refractivity contribution is 5.12. The number of hydrogen-bond donors (Lipinski definition) is 1. The summed E-state index contributed by atoms with van der Waals surface area (Å²) in [5, 5.41) is 2.74. The number of fused-ring (bicyclic) bond motifs is 2. The summed E-state index contributed by atoms with van der Waals surface area (Å²) < 4.78 is 50.4. The lowest BCUT2D eigenvalue weighted by Gasteiger charge is -2.43. The minimum atomic E-state index is -3.94. The third kappa shape index (κ3) is 2.04. The van der Waals surface area contributed by atoms with Gasteiger partial charge in [-0.15, -0.1) is 0 Å². The Bertz CT molecular complexity index is 324. The summed E-state index contributed by atoms with van der Waals surface area (Å²) in [4.78, 5) is 0. The molecule has 1 nitrogen and oxygen atoms in total. The first-order chi connectivity index (χ1) is 8.09. The predicted molar refractivity (Wildman–Crippen MR) is 62.0 cm³/mol. The summed E-state index contributed by atoms with van der Waals surface area (Å²) in [6.07, 6.45) is -0.469. The van der Waals surface area contributed by atoms with E-state index in [4.69, 9.17) is 0 Å². The van der Waals surface area contributed by atoms with Gasteiger partial charge >= 0.3 is 12.3 Å². The van der Waals surface area contributed by atoms with E-state index < -0.39 is 18.9 Å². The lowest BCUT2D eigenvalue weighted by molar-refractivity contribution is -0.129. The molecule has 2 aliphatic carbocycles. The minimum Gasteiger partial charge on any atom is -0.307 e. The first-order valence-electron chi connectivity index (χ1n) is 6.49. The van der Waals surface area contributed by atoms with Gasteiger partial charge in [0.25, 0.3) is 0 Å². The second-order valence-electron chi connectivity index (χ2n) is 6.79. The maximum Gasteiger partial charge on any atom is 0.319 e. The van der Waals surface area contributed by atoms with Gasteiger partial charge in [-0.2, -0.15) is 8.78 Å². The average molecular weight is 267 g/mol. The highest BCUT2D eigenvalue weighted by Gasteiger charge is 2.59. The Morgan fingerprint density at radius 2 is 1.89 bits per heavy atom. The molecule has 3 atom stereocenters. The second-order valence-corrected chi connectivity index (χ2v) is 6.79. The molecular formula is C13H21F4N. The van der Waals surface area contributed by atoms with Crippen molar-refractivity contribution in [2.75, 3.05) is 6.54 Å². The zero-order valence-corrected chi connectivity index (χ0v) is 11.1. The summed E-state index contributed by atoms with van der Waals surface area (Å²) >= 11 is 0. The van der Waals surface area contributed by atoms with Crippen LogP contribution in [-0.4, -0.2) is 24.9 Å². The van der Waals surface area contributed by atoms with E-state index in [-0.39, 0.29) is 16.9 Å².